The molecule has 0 saturated carbocycles. The van der Waals surface area contributed by atoms with E-state index in [-0.39, 0.29) is 10.9 Å². The molecule has 0 unspecified atom stereocenters. The molecule has 0 amide bonds. The van der Waals surface area contributed by atoms with Crippen LogP contribution in [-0.4, -0.2) is 4.98 Å². The highest BCUT2D eigenvalue weighted by atomic mass is 79.9. The largest absolute Gasteiger partial charge is 0.428 e. The molecule has 0 N–H and O–H groups in total. The molecule has 0 saturated heterocycles. The third-order valence-electron chi connectivity index (χ3n) is 1.55. The van der Waals surface area contributed by atoms with Gasteiger partial charge in [-0.3, -0.25) is 0 Å². The molecule has 0 radical (unpaired) electrons. The zero-order valence-electron chi connectivity index (χ0n) is 7.21. The SMILES string of the molecule is Fc1ccc(F)c(Oc2nc(Br)cs2)c1. The van der Waals surface area contributed by atoms with E-state index in [1.54, 1.807) is 5.38 Å². The molecule has 0 aliphatic rings. The van der Waals surface area contributed by atoms with Gasteiger partial charge in [-0.15, -0.1) is 0 Å². The first-order valence-corrected chi connectivity index (χ1v) is 5.56. The molecule has 0 bridgehead atoms. The lowest BCUT2D eigenvalue weighted by Crippen LogP contribution is -1.88. The minimum Gasteiger partial charge on any atom is -0.428 e. The second kappa shape index (κ2) is 4.24. The zero-order valence-corrected chi connectivity index (χ0v) is 9.61. The predicted molar refractivity (Wildman–Crippen MR) is 56.2 cm³/mol. The summed E-state index contributed by atoms with van der Waals surface area (Å²) in [4.78, 5) is 3.90. The first-order valence-electron chi connectivity index (χ1n) is 3.89. The summed E-state index contributed by atoms with van der Waals surface area (Å²) in [5.41, 5.74) is 0. The van der Waals surface area contributed by atoms with Crippen LogP contribution in [0, 0.1) is 11.6 Å². The van der Waals surface area contributed by atoms with Crippen molar-refractivity contribution in [3.63, 3.8) is 0 Å². The maximum atomic E-state index is 13.1. The van der Waals surface area contributed by atoms with Crippen LogP contribution in [0.4, 0.5) is 8.78 Å². The van der Waals surface area contributed by atoms with E-state index in [0.29, 0.717) is 4.60 Å². The fraction of sp³-hybridized carbons (Fsp3) is 0. The molecule has 0 fully saturated rings. The van der Waals surface area contributed by atoms with Gasteiger partial charge in [-0.25, -0.2) is 8.78 Å². The summed E-state index contributed by atoms with van der Waals surface area (Å²) in [7, 11) is 0. The molecule has 1 aromatic carbocycles. The topological polar surface area (TPSA) is 22.1 Å². The smallest absolute Gasteiger partial charge is 0.279 e. The van der Waals surface area contributed by atoms with Crippen LogP contribution < -0.4 is 4.74 Å². The van der Waals surface area contributed by atoms with Crippen molar-refractivity contribution < 1.29 is 13.5 Å². The maximum absolute atomic E-state index is 13.1. The number of halogens is 3. The van der Waals surface area contributed by atoms with Crippen molar-refractivity contribution >= 4 is 27.3 Å². The normalized spacial score (nSPS) is 10.3. The summed E-state index contributed by atoms with van der Waals surface area (Å²) in [6, 6.07) is 3.01. The van der Waals surface area contributed by atoms with Gasteiger partial charge >= 0.3 is 0 Å². The van der Waals surface area contributed by atoms with Gasteiger partial charge in [-0.1, -0.05) is 11.3 Å². The average molecular weight is 292 g/mol. The second-order valence-corrected chi connectivity index (χ2v) is 4.25. The second-order valence-electron chi connectivity index (χ2n) is 2.61. The van der Waals surface area contributed by atoms with Crippen molar-refractivity contribution in [3.8, 4) is 10.9 Å². The van der Waals surface area contributed by atoms with Gasteiger partial charge in [0.1, 0.15) is 10.4 Å². The van der Waals surface area contributed by atoms with E-state index in [9.17, 15) is 8.78 Å². The first kappa shape index (κ1) is 10.5. The lowest BCUT2D eigenvalue weighted by atomic mass is 10.3. The Morgan fingerprint density at radius 3 is 2.80 bits per heavy atom. The Kier molecular flexibility index (Phi) is 2.97. The molecule has 0 aliphatic carbocycles. The van der Waals surface area contributed by atoms with E-state index < -0.39 is 11.6 Å². The van der Waals surface area contributed by atoms with Crippen LogP contribution in [0.1, 0.15) is 0 Å². The molecular formula is C9H4BrF2NOS. The Labute approximate surface area is 96.7 Å². The fourth-order valence-corrected chi connectivity index (χ4v) is 2.03. The molecule has 15 heavy (non-hydrogen) atoms. The molecule has 2 rings (SSSR count). The number of rotatable bonds is 2. The van der Waals surface area contributed by atoms with Gasteiger partial charge in [0.25, 0.3) is 5.19 Å². The molecular weight excluding hydrogens is 288 g/mol. The van der Waals surface area contributed by atoms with E-state index in [4.69, 9.17) is 4.74 Å². The summed E-state index contributed by atoms with van der Waals surface area (Å²) < 4.78 is 31.6. The van der Waals surface area contributed by atoms with Crippen molar-refractivity contribution in [1.82, 2.24) is 4.98 Å². The van der Waals surface area contributed by atoms with Crippen LogP contribution in [-0.2, 0) is 0 Å². The first-order chi connectivity index (χ1) is 7.15. The summed E-state index contributed by atoms with van der Waals surface area (Å²) in [6.45, 7) is 0. The van der Waals surface area contributed by atoms with Crippen molar-refractivity contribution in [2.45, 2.75) is 0 Å². The van der Waals surface area contributed by atoms with E-state index in [2.05, 4.69) is 20.9 Å². The standard InChI is InChI=1S/C9H4BrF2NOS/c10-8-4-15-9(13-8)14-7-3-5(11)1-2-6(7)12/h1-4H. The van der Waals surface area contributed by atoms with Crippen molar-refractivity contribution in [1.29, 1.82) is 0 Å². The van der Waals surface area contributed by atoms with Gasteiger partial charge in [0.2, 0.25) is 0 Å². The average Bonchev–Trinajstić information content (AvgIpc) is 2.58. The van der Waals surface area contributed by atoms with E-state index in [1.807, 2.05) is 0 Å². The highest BCUT2D eigenvalue weighted by molar-refractivity contribution is 9.10. The van der Waals surface area contributed by atoms with Crippen LogP contribution in [0.15, 0.2) is 28.2 Å². The third kappa shape index (κ3) is 2.51. The van der Waals surface area contributed by atoms with Crippen LogP contribution in [0.5, 0.6) is 10.9 Å². The minimum absolute atomic E-state index is 0.170. The molecule has 1 aromatic heterocycles. The molecule has 0 atom stereocenters. The zero-order chi connectivity index (χ0) is 10.8. The summed E-state index contributed by atoms with van der Waals surface area (Å²) in [5, 5.41) is 1.94. The Morgan fingerprint density at radius 1 is 1.33 bits per heavy atom. The van der Waals surface area contributed by atoms with Gasteiger partial charge in [0.15, 0.2) is 11.6 Å². The quantitative estimate of drug-likeness (QED) is 0.835. The van der Waals surface area contributed by atoms with Gasteiger partial charge < -0.3 is 4.74 Å². The van der Waals surface area contributed by atoms with Crippen LogP contribution in [0.3, 0.4) is 0 Å². The van der Waals surface area contributed by atoms with Crippen molar-refractivity contribution in [2.24, 2.45) is 0 Å². The molecule has 0 aliphatic heterocycles. The lowest BCUT2D eigenvalue weighted by molar-refractivity contribution is 0.433. The monoisotopic (exact) mass is 291 g/mol. The number of hydrogen-bond acceptors (Lipinski definition) is 3. The summed E-state index contributed by atoms with van der Waals surface area (Å²) in [6.07, 6.45) is 0. The summed E-state index contributed by atoms with van der Waals surface area (Å²) in [5.74, 6) is -1.35. The molecule has 78 valence electrons. The molecule has 2 aromatic rings. The Bertz CT molecular complexity index is 489. The van der Waals surface area contributed by atoms with E-state index in [1.165, 1.54) is 11.3 Å². The number of ether oxygens (including phenoxy) is 1. The number of benzene rings is 1. The Morgan fingerprint density at radius 2 is 2.13 bits per heavy atom. The Balaban J connectivity index is 2.27. The molecule has 1 heterocycles. The fourth-order valence-electron chi connectivity index (χ4n) is 0.935. The molecule has 2 nitrogen and oxygen atoms in total. The van der Waals surface area contributed by atoms with Crippen LogP contribution in [0.25, 0.3) is 0 Å². The maximum Gasteiger partial charge on any atom is 0.279 e. The highest BCUT2D eigenvalue weighted by Crippen LogP contribution is 2.29. The lowest BCUT2D eigenvalue weighted by Gasteiger charge is -2.02. The summed E-state index contributed by atoms with van der Waals surface area (Å²) >= 11 is 4.32. The van der Waals surface area contributed by atoms with E-state index >= 15 is 0 Å². The molecule has 6 heteroatoms. The van der Waals surface area contributed by atoms with Crippen LogP contribution in [0.2, 0.25) is 0 Å². The van der Waals surface area contributed by atoms with Gasteiger partial charge in [-0.05, 0) is 28.1 Å². The van der Waals surface area contributed by atoms with E-state index in [0.717, 1.165) is 18.2 Å². The highest BCUT2D eigenvalue weighted by Gasteiger charge is 2.08. The number of nitrogens with zero attached hydrogens (tertiary/aromatic N) is 1. The number of aromatic nitrogens is 1. The Hall–Kier alpha value is -1.01. The number of hydrogen-bond donors (Lipinski definition) is 0. The van der Waals surface area contributed by atoms with Gasteiger partial charge in [0.05, 0.1) is 0 Å². The van der Waals surface area contributed by atoms with Crippen molar-refractivity contribution in [3.05, 3.63) is 39.8 Å². The number of thiazole rings is 1. The minimum atomic E-state index is -0.622. The molecule has 0 spiro atoms. The van der Waals surface area contributed by atoms with Gasteiger partial charge in [-0.2, -0.15) is 4.98 Å². The van der Waals surface area contributed by atoms with Crippen LogP contribution >= 0.6 is 27.3 Å². The van der Waals surface area contributed by atoms with Crippen molar-refractivity contribution in [2.75, 3.05) is 0 Å². The van der Waals surface area contributed by atoms with Gasteiger partial charge in [0, 0.05) is 11.4 Å². The third-order valence-corrected chi connectivity index (χ3v) is 2.97. The predicted octanol–water partition coefficient (Wildman–Crippen LogP) is 3.98.